The molecule has 2 nitrogen and oxygen atoms in total. The molecule has 2 heteroatoms. The number of allylic oxidation sites excluding steroid dienone is 1. The van der Waals surface area contributed by atoms with Crippen LogP contribution >= 0.6 is 0 Å². The summed E-state index contributed by atoms with van der Waals surface area (Å²) in [6, 6.07) is 0. The molecule has 0 spiro atoms. The molecular weight excluding hydrogens is 272 g/mol. The minimum absolute atomic E-state index is 0.00602. The van der Waals surface area contributed by atoms with Crippen LogP contribution in [0.3, 0.4) is 0 Å². The van der Waals surface area contributed by atoms with Gasteiger partial charge in [0.25, 0.3) is 0 Å². The van der Waals surface area contributed by atoms with Crippen LogP contribution in [0.4, 0.5) is 0 Å². The van der Waals surface area contributed by atoms with E-state index in [0.29, 0.717) is 5.92 Å². The lowest BCUT2D eigenvalue weighted by molar-refractivity contribution is -0.143. The van der Waals surface area contributed by atoms with Crippen LogP contribution in [0.25, 0.3) is 0 Å². The minimum atomic E-state index is -0.124. The van der Waals surface area contributed by atoms with E-state index in [1.807, 2.05) is 13.8 Å². The summed E-state index contributed by atoms with van der Waals surface area (Å²) in [5, 5.41) is 0. The van der Waals surface area contributed by atoms with Crippen molar-refractivity contribution in [1.82, 2.24) is 0 Å². The third kappa shape index (κ3) is 5.44. The van der Waals surface area contributed by atoms with Crippen molar-refractivity contribution in [3.63, 3.8) is 0 Å². The molecule has 0 radical (unpaired) electrons. The zero-order valence-corrected chi connectivity index (χ0v) is 16.2. The molecule has 22 heavy (non-hydrogen) atoms. The van der Waals surface area contributed by atoms with Crippen LogP contribution in [0.2, 0.25) is 0 Å². The molecule has 0 aromatic carbocycles. The molecule has 0 saturated heterocycles. The van der Waals surface area contributed by atoms with Crippen molar-refractivity contribution in [3.05, 3.63) is 11.1 Å². The fourth-order valence-corrected chi connectivity index (χ4v) is 3.57. The molecule has 0 bridgehead atoms. The van der Waals surface area contributed by atoms with Crippen LogP contribution in [-0.2, 0) is 9.53 Å². The van der Waals surface area contributed by atoms with Crippen LogP contribution in [0, 0.1) is 11.3 Å². The SMILES string of the molecule is CCCC(C)OC(=O)C(C)=C(CC)C(C)(CC)C(C)CCC. The van der Waals surface area contributed by atoms with Crippen LogP contribution in [0.5, 0.6) is 0 Å². The van der Waals surface area contributed by atoms with Gasteiger partial charge in [0.15, 0.2) is 0 Å². The zero-order valence-electron chi connectivity index (χ0n) is 16.2. The quantitative estimate of drug-likeness (QED) is 0.350. The van der Waals surface area contributed by atoms with Crippen molar-refractivity contribution >= 4 is 5.97 Å². The van der Waals surface area contributed by atoms with Gasteiger partial charge in [-0.3, -0.25) is 0 Å². The van der Waals surface area contributed by atoms with Crippen molar-refractivity contribution in [1.29, 1.82) is 0 Å². The summed E-state index contributed by atoms with van der Waals surface area (Å²) < 4.78 is 5.62. The highest BCUT2D eigenvalue weighted by Crippen LogP contribution is 2.44. The lowest BCUT2D eigenvalue weighted by atomic mass is 9.66. The standard InChI is InChI=1S/C20H38O2/c1-9-13-15(5)20(8,12-4)18(11-3)17(7)19(21)22-16(6)14-10-2/h15-16H,9-14H2,1-8H3. The van der Waals surface area contributed by atoms with E-state index in [1.165, 1.54) is 18.4 Å². The number of carbonyl (C=O) groups is 1. The van der Waals surface area contributed by atoms with Gasteiger partial charge < -0.3 is 4.74 Å². The molecule has 0 fully saturated rings. The van der Waals surface area contributed by atoms with Crippen LogP contribution in [0.1, 0.15) is 93.9 Å². The van der Waals surface area contributed by atoms with E-state index in [0.717, 1.165) is 31.3 Å². The Hall–Kier alpha value is -0.790. The smallest absolute Gasteiger partial charge is 0.333 e. The predicted octanol–water partition coefficient (Wildman–Crippen LogP) is 6.30. The van der Waals surface area contributed by atoms with Gasteiger partial charge in [0.2, 0.25) is 0 Å². The Balaban J connectivity index is 5.43. The van der Waals surface area contributed by atoms with Gasteiger partial charge in [0.05, 0.1) is 6.10 Å². The molecule has 130 valence electrons. The Morgan fingerprint density at radius 3 is 2.00 bits per heavy atom. The topological polar surface area (TPSA) is 26.3 Å². The van der Waals surface area contributed by atoms with Gasteiger partial charge in [-0.25, -0.2) is 4.79 Å². The van der Waals surface area contributed by atoms with Crippen molar-refractivity contribution in [2.24, 2.45) is 11.3 Å². The van der Waals surface area contributed by atoms with Gasteiger partial charge in [-0.15, -0.1) is 0 Å². The first-order chi connectivity index (χ1) is 10.3. The van der Waals surface area contributed by atoms with Crippen LogP contribution < -0.4 is 0 Å². The summed E-state index contributed by atoms with van der Waals surface area (Å²) in [5.41, 5.74) is 2.20. The summed E-state index contributed by atoms with van der Waals surface area (Å²) in [6.07, 6.45) is 6.34. The largest absolute Gasteiger partial charge is 0.459 e. The Bertz CT molecular complexity index is 370. The molecule has 0 saturated carbocycles. The van der Waals surface area contributed by atoms with Crippen molar-refractivity contribution in [2.75, 3.05) is 0 Å². The van der Waals surface area contributed by atoms with Gasteiger partial charge in [-0.2, -0.15) is 0 Å². The first-order valence-corrected chi connectivity index (χ1v) is 9.19. The maximum Gasteiger partial charge on any atom is 0.333 e. The zero-order chi connectivity index (χ0) is 17.3. The third-order valence-electron chi connectivity index (χ3n) is 5.35. The second kappa shape index (κ2) is 10.1. The average molecular weight is 311 g/mol. The highest BCUT2D eigenvalue weighted by Gasteiger charge is 2.34. The summed E-state index contributed by atoms with van der Waals surface area (Å²) >= 11 is 0. The monoisotopic (exact) mass is 310 g/mol. The van der Waals surface area contributed by atoms with Gasteiger partial charge >= 0.3 is 5.97 Å². The molecule has 0 aliphatic rings. The Morgan fingerprint density at radius 1 is 1.05 bits per heavy atom. The summed E-state index contributed by atoms with van der Waals surface area (Å²) in [5.74, 6) is 0.453. The first-order valence-electron chi connectivity index (χ1n) is 9.19. The molecule has 0 heterocycles. The number of carbonyl (C=O) groups excluding carboxylic acids is 1. The molecule has 0 amide bonds. The fraction of sp³-hybridized carbons (Fsp3) is 0.850. The Labute approximate surface area is 138 Å². The Kier molecular flexibility index (Phi) is 9.71. The molecule has 0 aromatic heterocycles. The van der Waals surface area contributed by atoms with Gasteiger partial charge in [0.1, 0.15) is 0 Å². The van der Waals surface area contributed by atoms with E-state index in [1.54, 1.807) is 0 Å². The number of ether oxygens (including phenoxy) is 1. The number of rotatable bonds is 10. The molecule has 0 aliphatic heterocycles. The van der Waals surface area contributed by atoms with Crippen molar-refractivity contribution < 1.29 is 9.53 Å². The highest BCUT2D eigenvalue weighted by atomic mass is 16.5. The van der Waals surface area contributed by atoms with E-state index in [-0.39, 0.29) is 17.5 Å². The average Bonchev–Trinajstić information content (AvgIpc) is 2.47. The van der Waals surface area contributed by atoms with E-state index in [9.17, 15) is 4.79 Å². The van der Waals surface area contributed by atoms with E-state index in [2.05, 4.69) is 41.5 Å². The maximum atomic E-state index is 12.5. The number of esters is 1. The summed E-state index contributed by atoms with van der Waals surface area (Å²) in [4.78, 5) is 12.5. The Morgan fingerprint density at radius 2 is 1.59 bits per heavy atom. The molecule has 0 aliphatic carbocycles. The fourth-order valence-electron chi connectivity index (χ4n) is 3.57. The molecular formula is C20H38O2. The molecule has 3 unspecified atom stereocenters. The molecule has 3 atom stereocenters. The molecule has 0 aromatic rings. The minimum Gasteiger partial charge on any atom is -0.459 e. The summed E-state index contributed by atoms with van der Waals surface area (Å²) in [7, 11) is 0. The molecule has 0 rings (SSSR count). The second-order valence-electron chi connectivity index (χ2n) is 6.92. The maximum absolute atomic E-state index is 12.5. The number of hydrogen-bond acceptors (Lipinski definition) is 2. The lowest BCUT2D eigenvalue weighted by Gasteiger charge is -2.38. The lowest BCUT2D eigenvalue weighted by Crippen LogP contribution is -2.29. The van der Waals surface area contributed by atoms with Crippen molar-refractivity contribution in [2.45, 2.75) is 100 Å². The van der Waals surface area contributed by atoms with Gasteiger partial charge in [-0.05, 0) is 44.4 Å². The third-order valence-corrected chi connectivity index (χ3v) is 5.35. The van der Waals surface area contributed by atoms with E-state index >= 15 is 0 Å². The summed E-state index contributed by atoms with van der Waals surface area (Å²) in [6.45, 7) is 17.3. The predicted molar refractivity (Wildman–Crippen MR) is 95.9 cm³/mol. The normalized spacial score (nSPS) is 18.2. The molecule has 0 N–H and O–H groups in total. The first kappa shape index (κ1) is 21.2. The van der Waals surface area contributed by atoms with E-state index < -0.39 is 0 Å². The van der Waals surface area contributed by atoms with Crippen LogP contribution in [-0.4, -0.2) is 12.1 Å². The number of hydrogen-bond donors (Lipinski definition) is 0. The van der Waals surface area contributed by atoms with Gasteiger partial charge in [-0.1, -0.05) is 66.4 Å². The van der Waals surface area contributed by atoms with Crippen LogP contribution in [0.15, 0.2) is 11.1 Å². The van der Waals surface area contributed by atoms with Gasteiger partial charge in [0, 0.05) is 5.57 Å². The highest BCUT2D eigenvalue weighted by molar-refractivity contribution is 5.89. The van der Waals surface area contributed by atoms with E-state index in [4.69, 9.17) is 4.74 Å². The second-order valence-corrected chi connectivity index (χ2v) is 6.92. The van der Waals surface area contributed by atoms with Crippen molar-refractivity contribution in [3.8, 4) is 0 Å².